The number of hydrogen-bond acceptors (Lipinski definition) is 2. The first kappa shape index (κ1) is 37.3. The van der Waals surface area contributed by atoms with E-state index in [1.54, 1.807) is 0 Å². The van der Waals surface area contributed by atoms with Crippen molar-refractivity contribution < 1.29 is 8.83 Å². The van der Waals surface area contributed by atoms with E-state index in [9.17, 15) is 0 Å². The Labute approximate surface area is 362 Å². The van der Waals surface area contributed by atoms with Gasteiger partial charge in [-0.25, -0.2) is 0 Å². The minimum atomic E-state index is 0.802. The van der Waals surface area contributed by atoms with Gasteiger partial charge in [0.25, 0.3) is 0 Å². The van der Waals surface area contributed by atoms with Crippen LogP contribution >= 0.6 is 0 Å². The second-order valence-electron chi connectivity index (χ2n) is 16.7. The molecule has 11 rings (SSSR count). The lowest BCUT2D eigenvalue weighted by molar-refractivity contribution is 0.668. The van der Waals surface area contributed by atoms with Gasteiger partial charge in [0.05, 0.1) is 22.3 Å². The molecule has 2 aliphatic carbocycles. The van der Waals surface area contributed by atoms with Crippen molar-refractivity contribution >= 4 is 22.3 Å². The van der Waals surface area contributed by atoms with Gasteiger partial charge in [-0.3, -0.25) is 0 Å². The average Bonchev–Trinajstić information content (AvgIpc) is 4.02. The second-order valence-corrected chi connectivity index (χ2v) is 16.7. The van der Waals surface area contributed by atoms with E-state index >= 15 is 0 Å². The smallest absolute Gasteiger partial charge is 0.136 e. The largest absolute Gasteiger partial charge is 0.456 e. The molecule has 0 spiro atoms. The number of fused-ring (bicyclic) bond motifs is 14. The number of furan rings is 2. The SMILES string of the molecule is Cc1ccc(-c2c3cc(c(-c4ccc(C)cc4)c4ccc(o4)c(-c4ccc(C)cc4)c4cc(c(-c5ccc(C)cc5)c5ccc2o5)-c2cc[cH+]ccc2-4)-c2cc[cH+]ccc2-3)cc1. The van der Waals surface area contributed by atoms with Crippen LogP contribution < -0.4 is 0 Å². The lowest BCUT2D eigenvalue weighted by atomic mass is 9.96. The van der Waals surface area contributed by atoms with Gasteiger partial charge in [-0.15, -0.1) is 0 Å². The van der Waals surface area contributed by atoms with Gasteiger partial charge in [0.15, 0.2) is 0 Å². The Balaban J connectivity index is 1.42. The second kappa shape index (κ2) is 15.1. The summed E-state index contributed by atoms with van der Waals surface area (Å²) in [6, 6.07) is 70.4. The van der Waals surface area contributed by atoms with E-state index in [0.29, 0.717) is 0 Å². The first-order chi connectivity index (χ1) is 30.4. The third kappa shape index (κ3) is 6.44. The molecule has 0 saturated carbocycles. The molecule has 2 aliphatic rings. The van der Waals surface area contributed by atoms with Crippen LogP contribution in [0, 0.1) is 27.7 Å². The monoisotopic (exact) mass is 796 g/mol. The Kier molecular flexibility index (Phi) is 9.09. The summed E-state index contributed by atoms with van der Waals surface area (Å²) in [5.41, 5.74) is 25.4. The van der Waals surface area contributed by atoms with Crippen LogP contribution in [0.2, 0.25) is 0 Å². The predicted octanol–water partition coefficient (Wildman–Crippen LogP) is 17.2. The van der Waals surface area contributed by atoms with Crippen LogP contribution in [0.5, 0.6) is 0 Å². The molecular formula is C60H44O2+2. The lowest BCUT2D eigenvalue weighted by Crippen LogP contribution is -1.83. The number of hydrogen-bond donors (Lipinski definition) is 0. The average molecular weight is 797 g/mol. The summed E-state index contributed by atoms with van der Waals surface area (Å²) in [6.45, 7) is 8.55. The highest BCUT2D eigenvalue weighted by Gasteiger charge is 2.29. The molecule has 0 atom stereocenters. The van der Waals surface area contributed by atoms with Crippen molar-refractivity contribution in [1.82, 2.24) is 0 Å². The van der Waals surface area contributed by atoms with Gasteiger partial charge in [-0.1, -0.05) is 119 Å². The van der Waals surface area contributed by atoms with Gasteiger partial charge < -0.3 is 8.83 Å². The van der Waals surface area contributed by atoms with Crippen LogP contribution in [-0.2, 0) is 0 Å². The molecule has 0 radical (unpaired) electrons. The molecule has 0 unspecified atom stereocenters. The molecule has 3 heterocycles. The number of benzene rings is 4. The molecule has 6 aromatic carbocycles. The molecule has 0 N–H and O–H groups in total. The van der Waals surface area contributed by atoms with Crippen LogP contribution in [0.1, 0.15) is 22.3 Å². The van der Waals surface area contributed by atoms with E-state index in [1.807, 2.05) is 0 Å². The number of rotatable bonds is 4. The maximum absolute atomic E-state index is 7.33. The van der Waals surface area contributed by atoms with Crippen molar-refractivity contribution in [2.24, 2.45) is 0 Å². The molecule has 0 saturated heterocycles. The van der Waals surface area contributed by atoms with Gasteiger partial charge in [0, 0.05) is 105 Å². The zero-order valence-electron chi connectivity index (χ0n) is 35.3. The van der Waals surface area contributed by atoms with Gasteiger partial charge in [-0.05, 0) is 86.3 Å². The molecule has 9 aromatic rings. The van der Waals surface area contributed by atoms with Crippen LogP contribution in [0.25, 0.3) is 111 Å². The van der Waals surface area contributed by atoms with Crippen molar-refractivity contribution in [2.75, 3.05) is 0 Å². The first-order valence-electron chi connectivity index (χ1n) is 21.4. The molecule has 0 aliphatic heterocycles. The zero-order chi connectivity index (χ0) is 41.9. The minimum Gasteiger partial charge on any atom is -0.456 e. The summed E-state index contributed by atoms with van der Waals surface area (Å²) in [6.07, 6.45) is 0. The molecular weight excluding hydrogens is 753 g/mol. The molecule has 294 valence electrons. The van der Waals surface area contributed by atoms with Crippen molar-refractivity contribution in [3.63, 3.8) is 0 Å². The molecule has 62 heavy (non-hydrogen) atoms. The van der Waals surface area contributed by atoms with Gasteiger partial charge in [-0.2, -0.15) is 0 Å². The summed E-state index contributed by atoms with van der Waals surface area (Å²) < 4.78 is 14.7. The Hall–Kier alpha value is -7.68. The Morgan fingerprint density at radius 1 is 0.258 bits per heavy atom. The van der Waals surface area contributed by atoms with E-state index < -0.39 is 0 Å². The fourth-order valence-corrected chi connectivity index (χ4v) is 9.28. The summed E-state index contributed by atoms with van der Waals surface area (Å²) in [5.74, 6) is 0. The summed E-state index contributed by atoms with van der Waals surface area (Å²) >= 11 is 0. The molecule has 2 nitrogen and oxygen atoms in total. The Bertz CT molecular complexity index is 2950. The highest BCUT2D eigenvalue weighted by atomic mass is 16.3. The third-order valence-electron chi connectivity index (χ3n) is 12.5. The Morgan fingerprint density at radius 2 is 0.484 bits per heavy atom. The molecule has 0 amide bonds. The van der Waals surface area contributed by atoms with E-state index in [1.165, 1.54) is 22.3 Å². The maximum Gasteiger partial charge on any atom is 0.136 e. The number of aryl methyl sites for hydroxylation is 4. The molecule has 0 fully saturated rings. The molecule has 8 bridgehead atoms. The molecule has 3 aromatic heterocycles. The fraction of sp³-hybridized carbons (Fsp3) is 0.0667. The fourth-order valence-electron chi connectivity index (χ4n) is 9.28. The van der Waals surface area contributed by atoms with Crippen LogP contribution in [0.15, 0.2) is 203 Å². The van der Waals surface area contributed by atoms with E-state index in [4.69, 9.17) is 8.83 Å². The topological polar surface area (TPSA) is 26.3 Å². The lowest BCUT2D eigenvalue weighted by Gasteiger charge is -2.07. The first-order valence-corrected chi connectivity index (χ1v) is 21.4. The van der Waals surface area contributed by atoms with E-state index in [0.717, 1.165) is 111 Å². The third-order valence-corrected chi connectivity index (χ3v) is 12.5. The maximum atomic E-state index is 7.33. The molecule has 2 heteroatoms. The van der Waals surface area contributed by atoms with Gasteiger partial charge >= 0.3 is 0 Å². The van der Waals surface area contributed by atoms with E-state index in [2.05, 4.69) is 222 Å². The summed E-state index contributed by atoms with van der Waals surface area (Å²) in [4.78, 5) is 0. The highest BCUT2D eigenvalue weighted by molar-refractivity contribution is 6.09. The summed E-state index contributed by atoms with van der Waals surface area (Å²) in [5, 5.41) is 0. The van der Waals surface area contributed by atoms with Crippen molar-refractivity contribution in [3.8, 4) is 89.0 Å². The van der Waals surface area contributed by atoms with Gasteiger partial charge in [0.1, 0.15) is 22.3 Å². The highest BCUT2D eigenvalue weighted by Crippen LogP contribution is 2.52. The Morgan fingerprint density at radius 3 is 0.710 bits per heavy atom. The quantitative estimate of drug-likeness (QED) is 0.166. The van der Waals surface area contributed by atoms with Crippen LogP contribution in [-0.4, -0.2) is 0 Å². The minimum absolute atomic E-state index is 0.802. The standard InChI is InChI=1S/C60H44O2/c1-37-15-23-41(24-16-37)57-49-35-50(46-12-8-5-7-11-45(46)49)58(42-25-17-38(2)18-26-42)55-33-34-56(62-55)60(44-29-21-40(4)22-30-44)52-36-51(47-13-9-6-10-14-48(47)52)59(54-32-31-53(57)61-54)43-27-19-39(3)20-28-43/h5-36H,1-4H3/q+2. The van der Waals surface area contributed by atoms with Crippen molar-refractivity contribution in [1.29, 1.82) is 0 Å². The van der Waals surface area contributed by atoms with Crippen molar-refractivity contribution in [2.45, 2.75) is 27.7 Å². The van der Waals surface area contributed by atoms with Gasteiger partial charge in [0.2, 0.25) is 0 Å². The van der Waals surface area contributed by atoms with Crippen LogP contribution in [0.3, 0.4) is 0 Å². The zero-order valence-corrected chi connectivity index (χ0v) is 35.3. The normalized spacial score (nSPS) is 11.5. The van der Waals surface area contributed by atoms with Crippen molar-refractivity contribution in [3.05, 3.63) is 216 Å². The van der Waals surface area contributed by atoms with E-state index in [-0.39, 0.29) is 0 Å². The predicted molar refractivity (Wildman–Crippen MR) is 260 cm³/mol. The van der Waals surface area contributed by atoms with Crippen LogP contribution in [0.4, 0.5) is 0 Å². The summed E-state index contributed by atoms with van der Waals surface area (Å²) in [7, 11) is 0.